The Morgan fingerprint density at radius 3 is 2.54 bits per heavy atom. The van der Waals surface area contributed by atoms with Gasteiger partial charge < -0.3 is 18.9 Å². The summed E-state index contributed by atoms with van der Waals surface area (Å²) in [5.41, 5.74) is 0.673. The van der Waals surface area contributed by atoms with E-state index in [4.69, 9.17) is 19.6 Å². The predicted molar refractivity (Wildman–Crippen MR) is 95.2 cm³/mol. The summed E-state index contributed by atoms with van der Waals surface area (Å²) in [5.74, 6) is 1.09. The molecule has 1 N–H and O–H groups in total. The fourth-order valence-corrected chi connectivity index (χ4v) is 2.23. The number of hydrogen-bond acceptors (Lipinski definition) is 7. The summed E-state index contributed by atoms with van der Waals surface area (Å²) in [6, 6.07) is 5.13. The minimum atomic E-state index is -0.742. The Morgan fingerprint density at radius 2 is 1.96 bits per heavy atom. The molecule has 0 heterocycles. The van der Waals surface area contributed by atoms with Gasteiger partial charge in [0.15, 0.2) is 11.5 Å². The lowest BCUT2D eigenvalue weighted by Crippen LogP contribution is -2.14. The van der Waals surface area contributed by atoms with Gasteiger partial charge in [-0.3, -0.25) is 5.41 Å². The molecule has 0 atom stereocenters. The van der Waals surface area contributed by atoms with Crippen LogP contribution in [-0.4, -0.2) is 57.1 Å². The second-order valence-electron chi connectivity index (χ2n) is 4.40. The van der Waals surface area contributed by atoms with Gasteiger partial charge in [-0.15, -0.1) is 11.8 Å². The molecule has 1 aromatic rings. The van der Waals surface area contributed by atoms with E-state index in [-0.39, 0.29) is 10.8 Å². The standard InChI is InChI=1S/C16H22N2O5S/c1-5-22-13-10-11(6-7-12(13)23-9-8-20-2)14(17)15(24-4)18-16(19)21-3/h6-7,10,17H,5,8-9H2,1-4H3. The van der Waals surface area contributed by atoms with Gasteiger partial charge in [0.25, 0.3) is 0 Å². The van der Waals surface area contributed by atoms with E-state index in [1.807, 2.05) is 6.92 Å². The minimum Gasteiger partial charge on any atom is -0.490 e. The van der Waals surface area contributed by atoms with E-state index in [0.717, 1.165) is 0 Å². The number of ether oxygens (including phenoxy) is 4. The maximum absolute atomic E-state index is 11.3. The highest BCUT2D eigenvalue weighted by molar-refractivity contribution is 8.15. The van der Waals surface area contributed by atoms with Crippen LogP contribution in [0.1, 0.15) is 12.5 Å². The number of aliphatic imine (C=N–C) groups is 1. The van der Waals surface area contributed by atoms with Crippen molar-refractivity contribution in [3.8, 4) is 11.5 Å². The molecule has 0 unspecified atom stereocenters. The first-order valence-electron chi connectivity index (χ1n) is 7.25. The van der Waals surface area contributed by atoms with Gasteiger partial charge in [-0.05, 0) is 31.4 Å². The number of carbonyl (C=O) groups is 1. The van der Waals surface area contributed by atoms with Crippen molar-refractivity contribution in [2.45, 2.75) is 6.92 Å². The zero-order valence-corrected chi connectivity index (χ0v) is 15.1. The lowest BCUT2D eigenvalue weighted by molar-refractivity contribution is 0.143. The van der Waals surface area contributed by atoms with Gasteiger partial charge in [-0.1, -0.05) is 0 Å². The molecule has 0 bridgehead atoms. The second-order valence-corrected chi connectivity index (χ2v) is 5.20. The maximum atomic E-state index is 11.3. The molecule has 0 fully saturated rings. The van der Waals surface area contributed by atoms with Crippen molar-refractivity contribution in [2.75, 3.05) is 40.3 Å². The number of rotatable bonds is 8. The van der Waals surface area contributed by atoms with E-state index in [1.54, 1.807) is 31.6 Å². The zero-order valence-electron chi connectivity index (χ0n) is 14.3. The average molecular weight is 354 g/mol. The molecule has 0 radical (unpaired) electrons. The third-order valence-corrected chi connectivity index (χ3v) is 3.53. The van der Waals surface area contributed by atoms with Crippen molar-refractivity contribution >= 4 is 28.6 Å². The van der Waals surface area contributed by atoms with E-state index in [0.29, 0.717) is 36.9 Å². The molecule has 0 saturated carbocycles. The molecule has 0 spiro atoms. The molecule has 132 valence electrons. The number of methoxy groups -OCH3 is 2. The van der Waals surface area contributed by atoms with Crippen molar-refractivity contribution in [3.05, 3.63) is 23.8 Å². The second kappa shape index (κ2) is 10.7. The number of thioether (sulfide) groups is 1. The monoisotopic (exact) mass is 354 g/mol. The summed E-state index contributed by atoms with van der Waals surface area (Å²) in [7, 11) is 2.84. The van der Waals surface area contributed by atoms with Gasteiger partial charge >= 0.3 is 6.09 Å². The number of carbonyl (C=O) groups excluding carboxylic acids is 1. The first-order valence-corrected chi connectivity index (χ1v) is 8.48. The summed E-state index contributed by atoms with van der Waals surface area (Å²) in [6.45, 7) is 3.19. The number of nitrogens with one attached hydrogen (secondary N) is 1. The van der Waals surface area contributed by atoms with Crippen molar-refractivity contribution < 1.29 is 23.7 Å². The van der Waals surface area contributed by atoms with Gasteiger partial charge in [0.1, 0.15) is 11.7 Å². The lowest BCUT2D eigenvalue weighted by Gasteiger charge is -2.14. The molecule has 8 heteroatoms. The highest BCUT2D eigenvalue weighted by atomic mass is 32.2. The van der Waals surface area contributed by atoms with Crippen molar-refractivity contribution in [3.63, 3.8) is 0 Å². The molecule has 0 aliphatic carbocycles. The third-order valence-electron chi connectivity index (χ3n) is 2.85. The van der Waals surface area contributed by atoms with Crippen LogP contribution < -0.4 is 9.47 Å². The zero-order chi connectivity index (χ0) is 17.9. The number of hydrogen-bond donors (Lipinski definition) is 1. The number of nitrogens with zero attached hydrogens (tertiary/aromatic N) is 1. The van der Waals surface area contributed by atoms with Crippen molar-refractivity contribution in [1.29, 1.82) is 5.41 Å². The summed E-state index contributed by atoms with van der Waals surface area (Å²) >= 11 is 1.19. The van der Waals surface area contributed by atoms with Crippen LogP contribution in [0.2, 0.25) is 0 Å². The highest BCUT2D eigenvalue weighted by Gasteiger charge is 2.15. The van der Waals surface area contributed by atoms with E-state index < -0.39 is 6.09 Å². The highest BCUT2D eigenvalue weighted by Crippen LogP contribution is 2.29. The smallest absolute Gasteiger partial charge is 0.434 e. The van der Waals surface area contributed by atoms with Gasteiger partial charge in [0.2, 0.25) is 0 Å². The SMILES string of the molecule is CCOc1cc(C(=N)C(=NC(=O)OC)SC)ccc1OCCOC. The number of benzene rings is 1. The van der Waals surface area contributed by atoms with E-state index in [1.165, 1.54) is 18.9 Å². The van der Waals surface area contributed by atoms with Gasteiger partial charge in [-0.25, -0.2) is 4.79 Å². The van der Waals surface area contributed by atoms with Crippen molar-refractivity contribution in [1.82, 2.24) is 0 Å². The number of amides is 1. The third kappa shape index (κ3) is 5.86. The van der Waals surface area contributed by atoms with Gasteiger partial charge in [0.05, 0.1) is 26.0 Å². The molecule has 7 nitrogen and oxygen atoms in total. The molecule has 0 aliphatic heterocycles. The first-order chi connectivity index (χ1) is 11.6. The average Bonchev–Trinajstić information content (AvgIpc) is 2.60. The maximum Gasteiger partial charge on any atom is 0.434 e. The largest absolute Gasteiger partial charge is 0.490 e. The molecule has 24 heavy (non-hydrogen) atoms. The van der Waals surface area contributed by atoms with Crippen LogP contribution in [0, 0.1) is 5.41 Å². The van der Waals surface area contributed by atoms with Crippen LogP contribution in [-0.2, 0) is 9.47 Å². The first kappa shape index (κ1) is 20.0. The Bertz CT molecular complexity index is 604. The molecular formula is C16H22N2O5S. The lowest BCUT2D eigenvalue weighted by atomic mass is 10.1. The Hall–Kier alpha value is -2.06. The normalized spacial score (nSPS) is 11.1. The summed E-state index contributed by atoms with van der Waals surface area (Å²) in [5, 5.41) is 8.51. The summed E-state index contributed by atoms with van der Waals surface area (Å²) in [6.07, 6.45) is 0.996. The summed E-state index contributed by atoms with van der Waals surface area (Å²) < 4.78 is 20.6. The Labute approximate surface area is 145 Å². The molecule has 1 amide bonds. The van der Waals surface area contributed by atoms with Gasteiger partial charge in [-0.2, -0.15) is 4.99 Å². The van der Waals surface area contributed by atoms with Crippen LogP contribution in [0.25, 0.3) is 0 Å². The Morgan fingerprint density at radius 1 is 1.21 bits per heavy atom. The van der Waals surface area contributed by atoms with E-state index >= 15 is 0 Å². The van der Waals surface area contributed by atoms with Crippen LogP contribution in [0.3, 0.4) is 0 Å². The molecule has 1 aromatic carbocycles. The van der Waals surface area contributed by atoms with E-state index in [2.05, 4.69) is 9.73 Å². The summed E-state index contributed by atoms with van der Waals surface area (Å²) in [4.78, 5) is 15.1. The Kier molecular flexibility index (Phi) is 8.88. The fraction of sp³-hybridized carbons (Fsp3) is 0.438. The van der Waals surface area contributed by atoms with E-state index in [9.17, 15) is 4.79 Å². The fourth-order valence-electron chi connectivity index (χ4n) is 1.74. The Balaban J connectivity index is 3.06. The molecule has 0 saturated heterocycles. The molecule has 0 aromatic heterocycles. The van der Waals surface area contributed by atoms with Crippen LogP contribution in [0.4, 0.5) is 4.79 Å². The predicted octanol–water partition coefficient (Wildman–Crippen LogP) is 3.01. The minimum absolute atomic E-state index is 0.109. The molecule has 1 rings (SSSR count). The quantitative estimate of drug-likeness (QED) is 0.438. The van der Waals surface area contributed by atoms with Crippen LogP contribution in [0.5, 0.6) is 11.5 Å². The van der Waals surface area contributed by atoms with Crippen LogP contribution >= 0.6 is 11.8 Å². The van der Waals surface area contributed by atoms with Crippen LogP contribution in [0.15, 0.2) is 23.2 Å². The molecule has 0 aliphatic rings. The topological polar surface area (TPSA) is 90.2 Å². The van der Waals surface area contributed by atoms with Crippen molar-refractivity contribution in [2.24, 2.45) is 4.99 Å². The molecular weight excluding hydrogens is 332 g/mol. The van der Waals surface area contributed by atoms with Gasteiger partial charge in [0, 0.05) is 12.7 Å².